The van der Waals surface area contributed by atoms with Gasteiger partial charge in [0.25, 0.3) is 0 Å². The van der Waals surface area contributed by atoms with Crippen molar-refractivity contribution in [3.8, 4) is 0 Å². The molecule has 0 saturated carbocycles. The monoisotopic (exact) mass is 221 g/mol. The molecule has 1 aromatic carbocycles. The van der Waals surface area contributed by atoms with Gasteiger partial charge in [0.1, 0.15) is 0 Å². The molecule has 4 nitrogen and oxygen atoms in total. The van der Waals surface area contributed by atoms with Crippen molar-refractivity contribution in [1.29, 1.82) is 0 Å². The quantitative estimate of drug-likeness (QED) is 0.624. The molecule has 1 unspecified atom stereocenters. The van der Waals surface area contributed by atoms with Crippen molar-refractivity contribution in [2.75, 3.05) is 18.5 Å². The summed E-state index contributed by atoms with van der Waals surface area (Å²) in [4.78, 5) is 0. The average molecular weight is 221 g/mol. The van der Waals surface area contributed by atoms with Crippen LogP contribution in [-0.4, -0.2) is 36.4 Å². The van der Waals surface area contributed by atoms with Gasteiger partial charge in [-0.1, -0.05) is 12.1 Å². The summed E-state index contributed by atoms with van der Waals surface area (Å²) in [6.45, 7) is 1.67. The molecule has 1 saturated heterocycles. The van der Waals surface area contributed by atoms with Crippen LogP contribution in [0.1, 0.15) is 12.8 Å². The molecule has 5 heteroatoms. The first-order valence-electron chi connectivity index (χ1n) is 5.57. The van der Waals surface area contributed by atoms with E-state index in [1.807, 2.05) is 12.1 Å². The number of rotatable bonds is 4. The van der Waals surface area contributed by atoms with E-state index in [2.05, 4.69) is 5.32 Å². The van der Waals surface area contributed by atoms with E-state index < -0.39 is 7.12 Å². The van der Waals surface area contributed by atoms with Crippen molar-refractivity contribution in [3.63, 3.8) is 0 Å². The summed E-state index contributed by atoms with van der Waals surface area (Å²) < 4.78 is 5.49. The highest BCUT2D eigenvalue weighted by molar-refractivity contribution is 6.58. The number of benzene rings is 1. The zero-order valence-electron chi connectivity index (χ0n) is 9.10. The van der Waals surface area contributed by atoms with Crippen molar-refractivity contribution in [2.45, 2.75) is 18.9 Å². The fraction of sp³-hybridized carbons (Fsp3) is 0.455. The van der Waals surface area contributed by atoms with Gasteiger partial charge in [0.2, 0.25) is 0 Å². The van der Waals surface area contributed by atoms with Crippen molar-refractivity contribution in [3.05, 3.63) is 24.3 Å². The molecule has 1 aliphatic heterocycles. The number of hydrogen-bond acceptors (Lipinski definition) is 4. The predicted octanol–water partition coefficient (Wildman–Crippen LogP) is -0.0427. The third kappa shape index (κ3) is 2.98. The van der Waals surface area contributed by atoms with Gasteiger partial charge in [-0.3, -0.25) is 0 Å². The van der Waals surface area contributed by atoms with Gasteiger partial charge in [0.05, 0.1) is 6.10 Å². The molecule has 0 amide bonds. The Morgan fingerprint density at radius 2 is 2.06 bits per heavy atom. The number of hydrogen-bond donors (Lipinski definition) is 3. The van der Waals surface area contributed by atoms with Crippen molar-refractivity contribution < 1.29 is 14.8 Å². The summed E-state index contributed by atoms with van der Waals surface area (Å²) in [7, 11) is -1.40. The van der Waals surface area contributed by atoms with Gasteiger partial charge in [-0.15, -0.1) is 0 Å². The maximum Gasteiger partial charge on any atom is 0.488 e. The summed E-state index contributed by atoms with van der Waals surface area (Å²) in [6, 6.07) is 7.07. The maximum absolute atomic E-state index is 8.93. The molecular weight excluding hydrogens is 205 g/mol. The van der Waals surface area contributed by atoms with E-state index >= 15 is 0 Å². The van der Waals surface area contributed by atoms with Crippen molar-refractivity contribution >= 4 is 18.3 Å². The summed E-state index contributed by atoms with van der Waals surface area (Å²) in [5.74, 6) is 0. The van der Waals surface area contributed by atoms with Crippen molar-refractivity contribution in [1.82, 2.24) is 0 Å². The van der Waals surface area contributed by atoms with Crippen molar-refractivity contribution in [2.24, 2.45) is 0 Å². The lowest BCUT2D eigenvalue weighted by Crippen LogP contribution is -2.29. The third-order valence-electron chi connectivity index (χ3n) is 2.77. The maximum atomic E-state index is 8.93. The first kappa shape index (κ1) is 11.5. The second kappa shape index (κ2) is 5.34. The van der Waals surface area contributed by atoms with Gasteiger partial charge in [-0.2, -0.15) is 0 Å². The Kier molecular flexibility index (Phi) is 3.82. The topological polar surface area (TPSA) is 61.7 Å². The van der Waals surface area contributed by atoms with Gasteiger partial charge in [-0.05, 0) is 30.4 Å². The van der Waals surface area contributed by atoms with E-state index in [0.29, 0.717) is 11.6 Å². The lowest BCUT2D eigenvalue weighted by atomic mass is 9.80. The van der Waals surface area contributed by atoms with Crippen LogP contribution >= 0.6 is 0 Å². The van der Waals surface area contributed by atoms with Crippen LogP contribution in [-0.2, 0) is 4.74 Å². The van der Waals surface area contributed by atoms with Crippen LogP contribution in [0.2, 0.25) is 0 Å². The molecular formula is C11H16BNO3. The summed E-state index contributed by atoms with van der Waals surface area (Å²) in [6.07, 6.45) is 2.56. The Balaban J connectivity index is 1.84. The molecule has 0 aliphatic carbocycles. The Morgan fingerprint density at radius 3 is 2.62 bits per heavy atom. The number of nitrogens with one attached hydrogen (secondary N) is 1. The van der Waals surface area contributed by atoms with Crippen LogP contribution < -0.4 is 10.8 Å². The normalized spacial score (nSPS) is 19.8. The van der Waals surface area contributed by atoms with Crippen LogP contribution in [0.5, 0.6) is 0 Å². The second-order valence-corrected chi connectivity index (χ2v) is 4.01. The van der Waals surface area contributed by atoms with Crippen LogP contribution in [0.25, 0.3) is 0 Å². The molecule has 0 bridgehead atoms. The zero-order valence-corrected chi connectivity index (χ0v) is 9.10. The van der Waals surface area contributed by atoms with E-state index in [0.717, 1.165) is 31.7 Å². The highest BCUT2D eigenvalue weighted by atomic mass is 16.5. The molecule has 86 valence electrons. The van der Waals surface area contributed by atoms with Gasteiger partial charge in [0, 0.05) is 18.8 Å². The fourth-order valence-electron chi connectivity index (χ4n) is 1.81. The first-order valence-corrected chi connectivity index (χ1v) is 5.57. The van der Waals surface area contributed by atoms with E-state index in [1.54, 1.807) is 12.1 Å². The molecule has 1 atom stereocenters. The SMILES string of the molecule is OB(O)c1ccc(NCC2CCCO2)cc1. The Bertz CT molecular complexity index is 323. The van der Waals surface area contributed by atoms with E-state index in [4.69, 9.17) is 14.8 Å². The van der Waals surface area contributed by atoms with Gasteiger partial charge >= 0.3 is 7.12 Å². The van der Waals surface area contributed by atoms with Crippen LogP contribution in [0.3, 0.4) is 0 Å². The van der Waals surface area contributed by atoms with Crippen LogP contribution in [0, 0.1) is 0 Å². The van der Waals surface area contributed by atoms with Gasteiger partial charge < -0.3 is 20.1 Å². The molecule has 1 heterocycles. The number of ether oxygens (including phenoxy) is 1. The van der Waals surface area contributed by atoms with Crippen LogP contribution in [0.15, 0.2) is 24.3 Å². The predicted molar refractivity (Wildman–Crippen MR) is 63.7 cm³/mol. The minimum Gasteiger partial charge on any atom is -0.423 e. The van der Waals surface area contributed by atoms with Crippen LogP contribution in [0.4, 0.5) is 5.69 Å². The van der Waals surface area contributed by atoms with E-state index in [9.17, 15) is 0 Å². The highest BCUT2D eigenvalue weighted by Crippen LogP contribution is 2.13. The van der Waals surface area contributed by atoms with Gasteiger partial charge in [0.15, 0.2) is 0 Å². The van der Waals surface area contributed by atoms with E-state index in [-0.39, 0.29) is 0 Å². The molecule has 3 N–H and O–H groups in total. The lowest BCUT2D eigenvalue weighted by Gasteiger charge is -2.12. The molecule has 1 fully saturated rings. The average Bonchev–Trinajstić information content (AvgIpc) is 2.80. The molecule has 16 heavy (non-hydrogen) atoms. The standard InChI is InChI=1S/C11H16BNO3/c14-12(15)9-3-5-10(6-4-9)13-8-11-2-1-7-16-11/h3-6,11,13-15H,1-2,7-8H2. The molecule has 2 rings (SSSR count). The minimum atomic E-state index is -1.40. The molecule has 1 aliphatic rings. The Hall–Kier alpha value is -1.04. The molecule has 0 aromatic heterocycles. The summed E-state index contributed by atoms with van der Waals surface area (Å²) in [5, 5.41) is 21.1. The molecule has 0 radical (unpaired) electrons. The number of anilines is 1. The molecule has 1 aromatic rings. The summed E-state index contributed by atoms with van der Waals surface area (Å²) >= 11 is 0. The second-order valence-electron chi connectivity index (χ2n) is 4.01. The van der Waals surface area contributed by atoms with E-state index in [1.165, 1.54) is 0 Å². The summed E-state index contributed by atoms with van der Waals surface area (Å²) in [5.41, 5.74) is 1.47. The first-order chi connectivity index (χ1) is 7.75. The lowest BCUT2D eigenvalue weighted by molar-refractivity contribution is 0.120. The fourth-order valence-corrected chi connectivity index (χ4v) is 1.81. The third-order valence-corrected chi connectivity index (χ3v) is 2.77. The highest BCUT2D eigenvalue weighted by Gasteiger charge is 2.15. The largest absolute Gasteiger partial charge is 0.488 e. The zero-order chi connectivity index (χ0) is 11.4. The minimum absolute atomic E-state index is 0.308. The Morgan fingerprint density at radius 1 is 1.31 bits per heavy atom. The smallest absolute Gasteiger partial charge is 0.423 e. The Labute approximate surface area is 95.4 Å². The van der Waals surface area contributed by atoms with Gasteiger partial charge in [-0.25, -0.2) is 0 Å². The molecule has 0 spiro atoms.